The summed E-state index contributed by atoms with van der Waals surface area (Å²) in [5, 5.41) is 0. The minimum atomic E-state index is -3.66. The molecule has 146 valence electrons. The lowest BCUT2D eigenvalue weighted by Gasteiger charge is -2.36. The van der Waals surface area contributed by atoms with Crippen molar-refractivity contribution >= 4 is 21.6 Å². The van der Waals surface area contributed by atoms with Crippen molar-refractivity contribution in [1.29, 1.82) is 0 Å². The normalized spacial score (nSPS) is 14.6. The van der Waals surface area contributed by atoms with Gasteiger partial charge in [0.05, 0.1) is 11.4 Å². The molecule has 1 aliphatic rings. The summed E-state index contributed by atoms with van der Waals surface area (Å²) >= 11 is 0. The van der Waals surface area contributed by atoms with E-state index in [1.165, 1.54) is 23.4 Å². The van der Waals surface area contributed by atoms with E-state index in [-0.39, 0.29) is 17.3 Å². The Balaban J connectivity index is 1.63. The Morgan fingerprint density at radius 3 is 2.39 bits per heavy atom. The van der Waals surface area contributed by atoms with Crippen molar-refractivity contribution in [1.82, 2.24) is 9.62 Å². The van der Waals surface area contributed by atoms with Crippen molar-refractivity contribution in [2.45, 2.75) is 11.8 Å². The summed E-state index contributed by atoms with van der Waals surface area (Å²) in [4.78, 5) is 16.9. The zero-order chi connectivity index (χ0) is 20.1. The summed E-state index contributed by atoms with van der Waals surface area (Å²) < 4.78 is 26.4. The maximum Gasteiger partial charge on any atom is 0.253 e. The minimum absolute atomic E-state index is 0.0752. The van der Waals surface area contributed by atoms with Gasteiger partial charge in [0.25, 0.3) is 5.91 Å². The molecule has 2 aromatic rings. The fourth-order valence-corrected chi connectivity index (χ4v) is 4.11. The van der Waals surface area contributed by atoms with E-state index in [0.29, 0.717) is 18.7 Å². The Morgan fingerprint density at radius 2 is 1.79 bits per heavy atom. The molecule has 1 saturated heterocycles. The van der Waals surface area contributed by atoms with E-state index in [1.807, 2.05) is 6.07 Å². The van der Waals surface area contributed by atoms with Crippen LogP contribution in [0.4, 0.5) is 5.69 Å². The second-order valence-electron chi connectivity index (χ2n) is 6.67. The van der Waals surface area contributed by atoms with E-state index >= 15 is 0 Å². The summed E-state index contributed by atoms with van der Waals surface area (Å²) in [6.07, 6.45) is 5.08. The molecule has 1 heterocycles. The highest BCUT2D eigenvalue weighted by Crippen LogP contribution is 2.19. The third kappa shape index (κ3) is 4.53. The summed E-state index contributed by atoms with van der Waals surface area (Å²) in [7, 11) is -3.66. The number of terminal acetylenes is 1. The van der Waals surface area contributed by atoms with Gasteiger partial charge in [0.15, 0.2) is 0 Å². The van der Waals surface area contributed by atoms with Crippen LogP contribution in [0.15, 0.2) is 53.4 Å². The lowest BCUT2D eigenvalue weighted by atomic mass is 10.1. The molecule has 0 aromatic heterocycles. The van der Waals surface area contributed by atoms with Gasteiger partial charge in [-0.05, 0) is 48.9 Å². The molecule has 0 spiro atoms. The fourth-order valence-electron chi connectivity index (χ4n) is 3.17. The largest absolute Gasteiger partial charge is 0.368 e. The first kappa shape index (κ1) is 19.9. The highest BCUT2D eigenvalue weighted by atomic mass is 32.2. The monoisotopic (exact) mass is 397 g/mol. The molecule has 1 aliphatic heterocycles. The molecule has 1 amide bonds. The zero-order valence-electron chi connectivity index (χ0n) is 15.8. The topological polar surface area (TPSA) is 69.7 Å². The standard InChI is InChI=1S/C21H23N3O3S/c1-3-11-22-28(26,27)20-9-7-18(8-10-20)21(25)24-14-12-23(13-15-24)19-6-4-5-17(2)16-19/h1,4-10,16,22H,11-15H2,2H3. The number of hydrogen-bond acceptors (Lipinski definition) is 4. The van der Waals surface area contributed by atoms with Crippen LogP contribution in [0.2, 0.25) is 0 Å². The van der Waals surface area contributed by atoms with Crippen LogP contribution in [0.5, 0.6) is 0 Å². The highest BCUT2D eigenvalue weighted by Gasteiger charge is 2.23. The van der Waals surface area contributed by atoms with Gasteiger partial charge < -0.3 is 9.80 Å². The van der Waals surface area contributed by atoms with Gasteiger partial charge in [0.2, 0.25) is 10.0 Å². The molecular formula is C21H23N3O3S. The van der Waals surface area contributed by atoms with Crippen LogP contribution in [0, 0.1) is 19.3 Å². The lowest BCUT2D eigenvalue weighted by Crippen LogP contribution is -2.48. The second-order valence-corrected chi connectivity index (χ2v) is 8.44. The van der Waals surface area contributed by atoms with Crippen LogP contribution in [0.25, 0.3) is 0 Å². The van der Waals surface area contributed by atoms with Gasteiger partial charge in [-0.15, -0.1) is 6.42 Å². The maximum absolute atomic E-state index is 12.7. The van der Waals surface area contributed by atoms with Crippen molar-refractivity contribution in [2.75, 3.05) is 37.6 Å². The molecule has 7 heteroatoms. The molecule has 0 unspecified atom stereocenters. The predicted molar refractivity (Wildman–Crippen MR) is 110 cm³/mol. The molecule has 0 atom stereocenters. The molecule has 0 saturated carbocycles. The number of amides is 1. The van der Waals surface area contributed by atoms with Gasteiger partial charge in [-0.1, -0.05) is 18.1 Å². The van der Waals surface area contributed by atoms with Crippen LogP contribution >= 0.6 is 0 Å². The van der Waals surface area contributed by atoms with Gasteiger partial charge in [-0.2, -0.15) is 4.72 Å². The summed E-state index contributed by atoms with van der Waals surface area (Å²) in [6.45, 7) is 4.76. The Kier molecular flexibility index (Phi) is 6.02. The molecular weight excluding hydrogens is 374 g/mol. The minimum Gasteiger partial charge on any atom is -0.368 e. The Morgan fingerprint density at radius 1 is 1.11 bits per heavy atom. The first-order valence-electron chi connectivity index (χ1n) is 9.05. The van der Waals surface area contributed by atoms with Gasteiger partial charge in [-0.3, -0.25) is 4.79 Å². The second kappa shape index (κ2) is 8.46. The molecule has 1 fully saturated rings. The van der Waals surface area contributed by atoms with E-state index in [0.717, 1.165) is 13.1 Å². The Hall–Kier alpha value is -2.82. The Labute approximate surface area is 166 Å². The third-order valence-electron chi connectivity index (χ3n) is 4.71. The van der Waals surface area contributed by atoms with Crippen LogP contribution < -0.4 is 9.62 Å². The molecule has 28 heavy (non-hydrogen) atoms. The molecule has 0 bridgehead atoms. The number of carbonyl (C=O) groups is 1. The molecule has 6 nitrogen and oxygen atoms in total. The van der Waals surface area contributed by atoms with Gasteiger partial charge in [0, 0.05) is 37.4 Å². The number of anilines is 1. The SMILES string of the molecule is C#CCNS(=O)(=O)c1ccc(C(=O)N2CCN(c3cccc(C)c3)CC2)cc1. The molecule has 1 N–H and O–H groups in total. The molecule has 2 aromatic carbocycles. The number of nitrogens with zero attached hydrogens (tertiary/aromatic N) is 2. The highest BCUT2D eigenvalue weighted by molar-refractivity contribution is 7.89. The number of rotatable bonds is 5. The summed E-state index contributed by atoms with van der Waals surface area (Å²) in [5.41, 5.74) is 2.85. The van der Waals surface area contributed by atoms with Crippen LogP contribution in [0.1, 0.15) is 15.9 Å². The van der Waals surface area contributed by atoms with Crippen LogP contribution in [-0.2, 0) is 10.0 Å². The summed E-state index contributed by atoms with van der Waals surface area (Å²) in [6, 6.07) is 14.3. The van der Waals surface area contributed by atoms with Crippen molar-refractivity contribution in [2.24, 2.45) is 0 Å². The van der Waals surface area contributed by atoms with Crippen molar-refractivity contribution < 1.29 is 13.2 Å². The average Bonchev–Trinajstić information content (AvgIpc) is 2.72. The van der Waals surface area contributed by atoms with Crippen LogP contribution in [-0.4, -0.2) is 51.9 Å². The quantitative estimate of drug-likeness (QED) is 0.782. The predicted octanol–water partition coefficient (Wildman–Crippen LogP) is 1.87. The zero-order valence-corrected chi connectivity index (χ0v) is 16.6. The van der Waals surface area contributed by atoms with Gasteiger partial charge in [-0.25, -0.2) is 8.42 Å². The number of nitrogens with one attached hydrogen (secondary N) is 1. The van der Waals surface area contributed by atoms with E-state index in [4.69, 9.17) is 6.42 Å². The Bertz CT molecular complexity index is 986. The summed E-state index contributed by atoms with van der Waals surface area (Å²) in [5.74, 6) is 2.14. The smallest absolute Gasteiger partial charge is 0.253 e. The van der Waals surface area contributed by atoms with Gasteiger partial charge >= 0.3 is 0 Å². The number of benzene rings is 2. The van der Waals surface area contributed by atoms with Crippen molar-refractivity contribution in [3.8, 4) is 12.3 Å². The third-order valence-corrected chi connectivity index (χ3v) is 6.13. The van der Waals surface area contributed by atoms with Crippen molar-refractivity contribution in [3.05, 3.63) is 59.7 Å². The number of aryl methyl sites for hydroxylation is 1. The molecule has 0 aliphatic carbocycles. The van der Waals surface area contributed by atoms with E-state index < -0.39 is 10.0 Å². The lowest BCUT2D eigenvalue weighted by molar-refractivity contribution is 0.0746. The van der Waals surface area contributed by atoms with E-state index in [1.54, 1.807) is 17.0 Å². The van der Waals surface area contributed by atoms with Gasteiger partial charge in [0.1, 0.15) is 0 Å². The maximum atomic E-state index is 12.7. The molecule has 0 radical (unpaired) electrons. The number of hydrogen-bond donors (Lipinski definition) is 1. The van der Waals surface area contributed by atoms with Crippen LogP contribution in [0.3, 0.4) is 0 Å². The fraction of sp³-hybridized carbons (Fsp3) is 0.286. The van der Waals surface area contributed by atoms with E-state index in [9.17, 15) is 13.2 Å². The average molecular weight is 398 g/mol. The first-order chi connectivity index (χ1) is 13.4. The van der Waals surface area contributed by atoms with E-state index in [2.05, 4.69) is 40.7 Å². The van der Waals surface area contributed by atoms with Crippen molar-refractivity contribution in [3.63, 3.8) is 0 Å². The first-order valence-corrected chi connectivity index (χ1v) is 10.5. The molecule has 3 rings (SSSR count). The number of piperazine rings is 1. The number of carbonyl (C=O) groups excluding carboxylic acids is 1. The number of sulfonamides is 1.